The highest BCUT2D eigenvalue weighted by Gasteiger charge is 2.21. The van der Waals surface area contributed by atoms with Gasteiger partial charge in [-0.05, 0) is 24.5 Å². The Morgan fingerprint density at radius 2 is 1.85 bits per heavy atom. The number of aromatic nitrogens is 2. The number of amides is 1. The highest BCUT2D eigenvalue weighted by molar-refractivity contribution is 5.92. The van der Waals surface area contributed by atoms with Crippen LogP contribution in [-0.2, 0) is 13.1 Å². The summed E-state index contributed by atoms with van der Waals surface area (Å²) in [7, 11) is 0. The zero-order valence-corrected chi connectivity index (χ0v) is 15.3. The van der Waals surface area contributed by atoms with E-state index in [-0.39, 0.29) is 11.5 Å². The van der Waals surface area contributed by atoms with Crippen LogP contribution in [0.15, 0.2) is 47.3 Å². The SMILES string of the molecule is CCCn1nc(C(=O)N2CCCN(Cc3ccccc3)CC2)ccc1=O. The number of hydrogen-bond donors (Lipinski definition) is 0. The highest BCUT2D eigenvalue weighted by Crippen LogP contribution is 2.11. The normalized spacial score (nSPS) is 15.7. The van der Waals surface area contributed by atoms with Gasteiger partial charge < -0.3 is 4.90 Å². The summed E-state index contributed by atoms with van der Waals surface area (Å²) in [6.07, 6.45) is 1.75. The van der Waals surface area contributed by atoms with E-state index in [0.717, 1.165) is 39.0 Å². The molecule has 1 fully saturated rings. The third kappa shape index (κ3) is 4.58. The first-order valence-electron chi connectivity index (χ1n) is 9.31. The smallest absolute Gasteiger partial charge is 0.274 e. The molecule has 1 aromatic heterocycles. The van der Waals surface area contributed by atoms with Crippen LogP contribution in [0.4, 0.5) is 0 Å². The van der Waals surface area contributed by atoms with Crippen LogP contribution in [0.3, 0.4) is 0 Å². The summed E-state index contributed by atoms with van der Waals surface area (Å²) >= 11 is 0. The molecule has 0 radical (unpaired) electrons. The molecule has 0 unspecified atom stereocenters. The second-order valence-electron chi connectivity index (χ2n) is 6.69. The molecule has 1 aliphatic heterocycles. The largest absolute Gasteiger partial charge is 0.336 e. The van der Waals surface area contributed by atoms with Gasteiger partial charge in [-0.15, -0.1) is 0 Å². The van der Waals surface area contributed by atoms with E-state index in [0.29, 0.717) is 18.8 Å². The van der Waals surface area contributed by atoms with Crippen LogP contribution in [0.5, 0.6) is 0 Å². The third-order valence-electron chi connectivity index (χ3n) is 4.65. The van der Waals surface area contributed by atoms with Gasteiger partial charge in [0.1, 0.15) is 5.69 Å². The maximum Gasteiger partial charge on any atom is 0.274 e. The Kier molecular flexibility index (Phi) is 6.17. The first-order chi connectivity index (χ1) is 12.7. The molecular weight excluding hydrogens is 328 g/mol. The number of carbonyl (C=O) groups excluding carboxylic acids is 1. The summed E-state index contributed by atoms with van der Waals surface area (Å²) in [5, 5.41) is 4.25. The maximum atomic E-state index is 12.8. The van der Waals surface area contributed by atoms with E-state index in [1.165, 1.54) is 16.3 Å². The summed E-state index contributed by atoms with van der Waals surface area (Å²) in [6, 6.07) is 13.4. The van der Waals surface area contributed by atoms with E-state index < -0.39 is 0 Å². The lowest BCUT2D eigenvalue weighted by atomic mass is 10.2. The van der Waals surface area contributed by atoms with Crippen molar-refractivity contribution >= 4 is 5.91 Å². The van der Waals surface area contributed by atoms with Gasteiger partial charge in [0.15, 0.2) is 0 Å². The molecule has 26 heavy (non-hydrogen) atoms. The van der Waals surface area contributed by atoms with Crippen LogP contribution in [-0.4, -0.2) is 51.7 Å². The van der Waals surface area contributed by atoms with E-state index in [1.807, 2.05) is 17.9 Å². The van der Waals surface area contributed by atoms with Crippen molar-refractivity contribution in [1.29, 1.82) is 0 Å². The van der Waals surface area contributed by atoms with Crippen molar-refractivity contribution in [2.45, 2.75) is 32.9 Å². The van der Waals surface area contributed by atoms with Gasteiger partial charge in [-0.25, -0.2) is 4.68 Å². The Balaban J connectivity index is 1.64. The fraction of sp³-hybridized carbons (Fsp3) is 0.450. The molecule has 3 rings (SSSR count). The van der Waals surface area contributed by atoms with E-state index in [9.17, 15) is 9.59 Å². The van der Waals surface area contributed by atoms with Gasteiger partial charge in [0.05, 0.1) is 0 Å². The fourth-order valence-electron chi connectivity index (χ4n) is 3.27. The molecule has 0 N–H and O–H groups in total. The molecule has 1 aliphatic rings. The topological polar surface area (TPSA) is 58.4 Å². The van der Waals surface area contributed by atoms with Crippen LogP contribution in [0, 0.1) is 0 Å². The van der Waals surface area contributed by atoms with Gasteiger partial charge in [0.2, 0.25) is 0 Å². The van der Waals surface area contributed by atoms with Crippen LogP contribution >= 0.6 is 0 Å². The zero-order valence-electron chi connectivity index (χ0n) is 15.3. The molecular formula is C20H26N4O2. The molecule has 6 heteroatoms. The first kappa shape index (κ1) is 18.3. The maximum absolute atomic E-state index is 12.8. The zero-order chi connectivity index (χ0) is 18.4. The minimum Gasteiger partial charge on any atom is -0.336 e. The van der Waals surface area contributed by atoms with Crippen molar-refractivity contribution in [2.24, 2.45) is 0 Å². The molecule has 2 aromatic rings. The molecule has 1 saturated heterocycles. The van der Waals surface area contributed by atoms with Crippen molar-refractivity contribution < 1.29 is 4.79 Å². The monoisotopic (exact) mass is 354 g/mol. The fourth-order valence-corrected chi connectivity index (χ4v) is 3.27. The van der Waals surface area contributed by atoms with Crippen LogP contribution in [0.25, 0.3) is 0 Å². The molecule has 1 amide bonds. The predicted octanol–water partition coefficient (Wildman–Crippen LogP) is 2.00. The van der Waals surface area contributed by atoms with Crippen molar-refractivity contribution in [2.75, 3.05) is 26.2 Å². The molecule has 0 bridgehead atoms. The van der Waals surface area contributed by atoms with Gasteiger partial charge in [0.25, 0.3) is 11.5 Å². The molecule has 1 aromatic carbocycles. The molecule has 0 aliphatic carbocycles. The van der Waals surface area contributed by atoms with Crippen molar-refractivity contribution in [3.8, 4) is 0 Å². The van der Waals surface area contributed by atoms with Gasteiger partial charge in [0, 0.05) is 45.3 Å². The third-order valence-corrected chi connectivity index (χ3v) is 4.65. The lowest BCUT2D eigenvalue weighted by Gasteiger charge is -2.22. The summed E-state index contributed by atoms with van der Waals surface area (Å²) in [6.45, 7) is 6.64. The van der Waals surface area contributed by atoms with E-state index in [1.54, 1.807) is 6.07 Å². The van der Waals surface area contributed by atoms with Gasteiger partial charge in [-0.1, -0.05) is 37.3 Å². The van der Waals surface area contributed by atoms with Gasteiger partial charge in [-0.2, -0.15) is 5.10 Å². The second-order valence-corrected chi connectivity index (χ2v) is 6.69. The molecule has 0 spiro atoms. The summed E-state index contributed by atoms with van der Waals surface area (Å²) < 4.78 is 1.38. The second kappa shape index (κ2) is 8.76. The Morgan fingerprint density at radius 1 is 1.04 bits per heavy atom. The molecule has 6 nitrogen and oxygen atoms in total. The average Bonchev–Trinajstić information content (AvgIpc) is 2.90. The standard InChI is InChI=1S/C20H26N4O2/c1-2-11-24-19(25)10-9-18(21-24)20(26)23-13-6-12-22(14-15-23)16-17-7-4-3-5-8-17/h3-5,7-10H,2,6,11-16H2,1H3. The summed E-state index contributed by atoms with van der Waals surface area (Å²) in [5.74, 6) is -0.0867. The van der Waals surface area contributed by atoms with Crippen molar-refractivity contribution in [3.63, 3.8) is 0 Å². The number of hydrogen-bond acceptors (Lipinski definition) is 4. The Bertz CT molecular complexity index is 788. The van der Waals surface area contributed by atoms with E-state index in [4.69, 9.17) is 0 Å². The van der Waals surface area contributed by atoms with Crippen molar-refractivity contribution in [1.82, 2.24) is 19.6 Å². The average molecular weight is 354 g/mol. The van der Waals surface area contributed by atoms with Gasteiger partial charge in [-0.3, -0.25) is 14.5 Å². The first-order valence-corrected chi connectivity index (χ1v) is 9.31. The van der Waals surface area contributed by atoms with Crippen molar-refractivity contribution in [3.05, 3.63) is 64.1 Å². The number of rotatable bonds is 5. The van der Waals surface area contributed by atoms with E-state index in [2.05, 4.69) is 34.3 Å². The Labute approximate surface area is 154 Å². The quantitative estimate of drug-likeness (QED) is 0.824. The van der Waals surface area contributed by atoms with Crippen LogP contribution in [0.1, 0.15) is 35.8 Å². The van der Waals surface area contributed by atoms with Crippen LogP contribution in [0.2, 0.25) is 0 Å². The minimum absolute atomic E-state index is 0.0867. The lowest BCUT2D eigenvalue weighted by Crippen LogP contribution is -2.36. The number of nitrogens with zero attached hydrogens (tertiary/aromatic N) is 4. The van der Waals surface area contributed by atoms with Gasteiger partial charge >= 0.3 is 0 Å². The highest BCUT2D eigenvalue weighted by atomic mass is 16.2. The molecule has 2 heterocycles. The molecule has 138 valence electrons. The van der Waals surface area contributed by atoms with Crippen LogP contribution < -0.4 is 5.56 Å². The van der Waals surface area contributed by atoms with E-state index >= 15 is 0 Å². The Morgan fingerprint density at radius 3 is 2.62 bits per heavy atom. The molecule has 0 saturated carbocycles. The number of aryl methyl sites for hydroxylation is 1. The summed E-state index contributed by atoms with van der Waals surface area (Å²) in [5.41, 5.74) is 1.49. The minimum atomic E-state index is -0.159. The number of carbonyl (C=O) groups is 1. The molecule has 0 atom stereocenters. The lowest BCUT2D eigenvalue weighted by molar-refractivity contribution is 0.0752. The predicted molar refractivity (Wildman–Crippen MR) is 101 cm³/mol. The Hall–Kier alpha value is -2.47. The summed E-state index contributed by atoms with van der Waals surface area (Å²) in [4.78, 5) is 28.9. The number of benzene rings is 1.